The third-order valence-corrected chi connectivity index (χ3v) is 12.1. The van der Waals surface area contributed by atoms with Gasteiger partial charge in [-0.25, -0.2) is 4.98 Å². The van der Waals surface area contributed by atoms with Gasteiger partial charge in [0.15, 0.2) is 5.58 Å². The molecular formula is C57H54N2O2. The molecule has 0 fully saturated rings. The van der Waals surface area contributed by atoms with E-state index in [0.717, 1.165) is 66.3 Å². The highest BCUT2D eigenvalue weighted by atomic mass is 16.3. The normalized spacial score (nSPS) is 12.5. The Morgan fingerprint density at radius 1 is 0.492 bits per heavy atom. The minimum atomic E-state index is -0.157. The van der Waals surface area contributed by atoms with Gasteiger partial charge in [-0.3, -0.25) is 4.98 Å². The predicted molar refractivity (Wildman–Crippen MR) is 256 cm³/mol. The lowest BCUT2D eigenvalue weighted by atomic mass is 9.77. The van der Waals surface area contributed by atoms with E-state index in [9.17, 15) is 5.11 Å². The third-order valence-electron chi connectivity index (χ3n) is 12.1. The molecule has 0 aliphatic carbocycles. The van der Waals surface area contributed by atoms with Gasteiger partial charge in [-0.1, -0.05) is 153 Å². The van der Waals surface area contributed by atoms with E-state index >= 15 is 0 Å². The van der Waals surface area contributed by atoms with Gasteiger partial charge in [0.05, 0.1) is 11.1 Å². The number of aromatic nitrogens is 2. The van der Waals surface area contributed by atoms with Gasteiger partial charge in [-0.2, -0.15) is 0 Å². The van der Waals surface area contributed by atoms with Gasteiger partial charge in [-0.05, 0) is 132 Å². The van der Waals surface area contributed by atoms with Crippen molar-refractivity contribution in [3.63, 3.8) is 0 Å². The van der Waals surface area contributed by atoms with Gasteiger partial charge in [0, 0.05) is 22.7 Å². The second-order valence-electron chi connectivity index (χ2n) is 19.8. The molecule has 4 nitrogen and oxygen atoms in total. The van der Waals surface area contributed by atoms with Crippen molar-refractivity contribution in [2.24, 2.45) is 0 Å². The van der Waals surface area contributed by atoms with E-state index in [1.165, 1.54) is 27.6 Å². The molecule has 1 N–H and O–H groups in total. The molecule has 0 radical (unpaired) electrons. The predicted octanol–water partition coefficient (Wildman–Crippen LogP) is 15.8. The lowest BCUT2D eigenvalue weighted by molar-refractivity contribution is 0.473. The zero-order chi connectivity index (χ0) is 43.0. The number of hydrogen-bond donors (Lipinski definition) is 1. The summed E-state index contributed by atoms with van der Waals surface area (Å²) in [6.07, 6.45) is 1.91. The van der Waals surface area contributed by atoms with Crippen LogP contribution in [0, 0.1) is 6.92 Å². The van der Waals surface area contributed by atoms with E-state index in [-0.39, 0.29) is 22.0 Å². The molecule has 9 rings (SSSR count). The smallest absolute Gasteiger partial charge is 0.231 e. The van der Waals surface area contributed by atoms with Crippen molar-refractivity contribution in [3.8, 4) is 61.7 Å². The van der Waals surface area contributed by atoms with Crippen LogP contribution in [0.3, 0.4) is 0 Å². The minimum Gasteiger partial charge on any atom is -0.507 e. The molecule has 304 valence electrons. The van der Waals surface area contributed by atoms with Crippen LogP contribution in [-0.4, -0.2) is 15.1 Å². The Kier molecular flexibility index (Phi) is 9.55. The van der Waals surface area contributed by atoms with E-state index in [0.29, 0.717) is 17.0 Å². The van der Waals surface area contributed by atoms with Crippen LogP contribution in [0.4, 0.5) is 0 Å². The fourth-order valence-corrected chi connectivity index (χ4v) is 8.78. The van der Waals surface area contributed by atoms with Crippen molar-refractivity contribution in [3.05, 3.63) is 162 Å². The molecule has 0 amide bonds. The fourth-order valence-electron chi connectivity index (χ4n) is 8.78. The Balaban J connectivity index is 1.29. The number of phenolic OH excluding ortho intramolecular Hbond substituents is 1. The van der Waals surface area contributed by atoms with Crippen LogP contribution in [-0.2, 0) is 16.2 Å². The number of phenols is 1. The number of oxazole rings is 1. The largest absolute Gasteiger partial charge is 0.507 e. The summed E-state index contributed by atoms with van der Waals surface area (Å²) in [6, 6.07) is 47.6. The van der Waals surface area contributed by atoms with E-state index in [1.54, 1.807) is 6.07 Å². The maximum atomic E-state index is 11.2. The Morgan fingerprint density at radius 2 is 1.13 bits per heavy atom. The zero-order valence-corrected chi connectivity index (χ0v) is 37.0. The number of aryl methyl sites for hydroxylation is 1. The molecule has 4 heteroatoms. The first-order valence-electron chi connectivity index (χ1n) is 21.4. The number of nitrogens with zero attached hydrogens (tertiary/aromatic N) is 2. The number of rotatable bonds is 5. The van der Waals surface area contributed by atoms with Crippen molar-refractivity contribution >= 4 is 32.8 Å². The van der Waals surface area contributed by atoms with Crippen molar-refractivity contribution in [1.82, 2.24) is 9.97 Å². The molecule has 0 atom stereocenters. The quantitative estimate of drug-likeness (QED) is 0.188. The first kappa shape index (κ1) is 39.9. The van der Waals surface area contributed by atoms with Crippen LogP contribution in [0.5, 0.6) is 5.75 Å². The Morgan fingerprint density at radius 3 is 1.84 bits per heavy atom. The Labute approximate surface area is 360 Å². The van der Waals surface area contributed by atoms with Crippen LogP contribution >= 0.6 is 0 Å². The van der Waals surface area contributed by atoms with Crippen LogP contribution < -0.4 is 0 Å². The van der Waals surface area contributed by atoms with Crippen molar-refractivity contribution in [1.29, 1.82) is 0 Å². The highest BCUT2D eigenvalue weighted by Gasteiger charge is 2.26. The summed E-state index contributed by atoms with van der Waals surface area (Å²) in [6.45, 7) is 22.3. The lowest BCUT2D eigenvalue weighted by Gasteiger charge is -2.27. The lowest BCUT2D eigenvalue weighted by Crippen LogP contribution is -2.14. The summed E-state index contributed by atoms with van der Waals surface area (Å²) in [5, 5.41) is 14.7. The zero-order valence-electron chi connectivity index (χ0n) is 37.0. The molecule has 61 heavy (non-hydrogen) atoms. The SMILES string of the molecule is Cc1cc(-c2cc(-c3cccc4ccccc34)cc3oc(-c4cc(C(C)(C)C)ccc4O)nc23)cc(-c2cc(C(C)(C)C)c(-c3ccc(C(C)(C)C)cc3)c3cccnc23)c1. The molecule has 2 aromatic heterocycles. The summed E-state index contributed by atoms with van der Waals surface area (Å²) in [7, 11) is 0. The molecule has 2 heterocycles. The summed E-state index contributed by atoms with van der Waals surface area (Å²) < 4.78 is 6.69. The molecule has 0 aliphatic rings. The van der Waals surface area contributed by atoms with E-state index < -0.39 is 0 Å². The highest BCUT2D eigenvalue weighted by molar-refractivity contribution is 6.06. The first-order chi connectivity index (χ1) is 28.9. The molecule has 0 spiro atoms. The molecule has 0 saturated carbocycles. The van der Waals surface area contributed by atoms with Crippen LogP contribution in [0.1, 0.15) is 84.6 Å². The molecule has 0 unspecified atom stereocenters. The van der Waals surface area contributed by atoms with E-state index in [1.807, 2.05) is 18.3 Å². The average Bonchev–Trinajstić information content (AvgIpc) is 3.65. The topological polar surface area (TPSA) is 59.2 Å². The second-order valence-corrected chi connectivity index (χ2v) is 19.8. The summed E-state index contributed by atoms with van der Waals surface area (Å²) in [5.74, 6) is 0.523. The van der Waals surface area contributed by atoms with Crippen molar-refractivity contribution < 1.29 is 9.52 Å². The van der Waals surface area contributed by atoms with Crippen LogP contribution in [0.25, 0.3) is 88.7 Å². The van der Waals surface area contributed by atoms with Gasteiger partial charge in [0.25, 0.3) is 0 Å². The number of pyridine rings is 1. The van der Waals surface area contributed by atoms with E-state index in [2.05, 4.69) is 184 Å². The molecule has 0 aliphatic heterocycles. The molecule has 0 bridgehead atoms. The standard InChI is InChI=1S/C57H54N2O2/c1-34-27-37(29-38(28-34)46-33-48(57(8,9)10)51(44-19-14-26-58-52(44)46)36-20-22-40(23-21-36)55(2,3)4)45-30-39(43-18-13-16-35-15-11-12-17-42(35)43)31-50-53(45)59-54(61-50)47-32-41(56(5,6)7)24-25-49(47)60/h11-33,60H,1-10H3. The average molecular weight is 799 g/mol. The number of benzene rings is 7. The minimum absolute atomic E-state index is 0.0639. The number of aromatic hydroxyl groups is 1. The van der Waals surface area contributed by atoms with Gasteiger partial charge in [0.1, 0.15) is 11.3 Å². The summed E-state index contributed by atoms with van der Waals surface area (Å²) in [5.41, 5.74) is 16.2. The summed E-state index contributed by atoms with van der Waals surface area (Å²) in [4.78, 5) is 10.3. The number of hydrogen-bond acceptors (Lipinski definition) is 4. The molecule has 9 aromatic rings. The van der Waals surface area contributed by atoms with Gasteiger partial charge < -0.3 is 9.52 Å². The fraction of sp³-hybridized carbons (Fsp3) is 0.228. The monoisotopic (exact) mass is 798 g/mol. The van der Waals surface area contributed by atoms with Gasteiger partial charge in [-0.15, -0.1) is 0 Å². The Bertz CT molecular complexity index is 3140. The van der Waals surface area contributed by atoms with Gasteiger partial charge >= 0.3 is 0 Å². The third kappa shape index (κ3) is 7.39. The molecular weight excluding hydrogens is 745 g/mol. The van der Waals surface area contributed by atoms with Crippen LogP contribution in [0.15, 0.2) is 144 Å². The maximum Gasteiger partial charge on any atom is 0.231 e. The molecule has 0 saturated heterocycles. The number of fused-ring (bicyclic) bond motifs is 3. The van der Waals surface area contributed by atoms with Crippen LogP contribution in [0.2, 0.25) is 0 Å². The van der Waals surface area contributed by atoms with Crippen molar-refractivity contribution in [2.45, 2.75) is 85.5 Å². The summed E-state index contributed by atoms with van der Waals surface area (Å²) >= 11 is 0. The maximum absolute atomic E-state index is 11.2. The first-order valence-corrected chi connectivity index (χ1v) is 21.4. The second kappa shape index (κ2) is 14.6. The van der Waals surface area contributed by atoms with Crippen molar-refractivity contribution in [2.75, 3.05) is 0 Å². The van der Waals surface area contributed by atoms with E-state index in [4.69, 9.17) is 14.4 Å². The highest BCUT2D eigenvalue weighted by Crippen LogP contribution is 2.46. The van der Waals surface area contributed by atoms with Gasteiger partial charge in [0.2, 0.25) is 5.89 Å². The molecule has 7 aromatic carbocycles. The Hall–Kier alpha value is -6.52.